The lowest BCUT2D eigenvalue weighted by molar-refractivity contribution is -0.136. The molecule has 0 saturated carbocycles. The van der Waals surface area contributed by atoms with Gasteiger partial charge in [0.1, 0.15) is 5.75 Å². The summed E-state index contributed by atoms with van der Waals surface area (Å²) in [4.78, 5) is 10.8. The zero-order valence-corrected chi connectivity index (χ0v) is 11.3. The number of aromatic nitrogens is 1. The molecule has 0 aliphatic carbocycles. The predicted molar refractivity (Wildman–Crippen MR) is 73.1 cm³/mol. The lowest BCUT2D eigenvalue weighted by Gasteiger charge is -2.15. The summed E-state index contributed by atoms with van der Waals surface area (Å²) < 4.78 is 7.43. The molecule has 0 aliphatic rings. The van der Waals surface area contributed by atoms with Crippen LogP contribution in [0.2, 0.25) is 0 Å². The van der Waals surface area contributed by atoms with Crippen molar-refractivity contribution in [3.8, 4) is 11.4 Å². The fraction of sp³-hybridized carbons (Fsp3) is 0.267. The summed E-state index contributed by atoms with van der Waals surface area (Å²) in [5.74, 6) is -0.103. The lowest BCUT2D eigenvalue weighted by Crippen LogP contribution is -2.05. The third kappa shape index (κ3) is 2.62. The monoisotopic (exact) mass is 259 g/mol. The number of rotatable bonds is 4. The number of hydrogen-bond donors (Lipinski definition) is 1. The van der Waals surface area contributed by atoms with Gasteiger partial charge in [-0.15, -0.1) is 0 Å². The van der Waals surface area contributed by atoms with Gasteiger partial charge in [0.05, 0.1) is 19.2 Å². The van der Waals surface area contributed by atoms with E-state index in [1.807, 2.05) is 38.1 Å². The Balaban J connectivity index is 2.56. The minimum atomic E-state index is -0.836. The normalized spacial score (nSPS) is 10.5. The number of hydrogen-bond acceptors (Lipinski definition) is 2. The van der Waals surface area contributed by atoms with Crippen LogP contribution in [-0.4, -0.2) is 22.8 Å². The van der Waals surface area contributed by atoms with Crippen LogP contribution in [0.15, 0.2) is 30.3 Å². The largest absolute Gasteiger partial charge is 0.495 e. The first kappa shape index (κ1) is 13.2. The van der Waals surface area contributed by atoms with Gasteiger partial charge in [0.2, 0.25) is 0 Å². The first-order valence-electron chi connectivity index (χ1n) is 6.07. The first-order valence-corrected chi connectivity index (χ1v) is 6.07. The van der Waals surface area contributed by atoms with Gasteiger partial charge in [0.25, 0.3) is 0 Å². The van der Waals surface area contributed by atoms with Crippen LogP contribution in [0, 0.1) is 13.8 Å². The molecule has 0 radical (unpaired) electrons. The second-order valence-corrected chi connectivity index (χ2v) is 4.53. The van der Waals surface area contributed by atoms with E-state index in [0.717, 1.165) is 28.4 Å². The zero-order valence-electron chi connectivity index (χ0n) is 11.3. The van der Waals surface area contributed by atoms with Crippen molar-refractivity contribution in [2.45, 2.75) is 20.3 Å². The van der Waals surface area contributed by atoms with Crippen molar-refractivity contribution in [3.63, 3.8) is 0 Å². The number of carbonyl (C=O) groups is 1. The summed E-state index contributed by atoms with van der Waals surface area (Å²) in [6.07, 6.45) is 0.0103. The van der Waals surface area contributed by atoms with Gasteiger partial charge in [0.15, 0.2) is 0 Å². The van der Waals surface area contributed by atoms with Crippen molar-refractivity contribution in [2.24, 2.45) is 0 Å². The number of benzene rings is 1. The molecule has 2 rings (SSSR count). The van der Waals surface area contributed by atoms with Crippen molar-refractivity contribution in [3.05, 3.63) is 47.3 Å². The Bertz CT molecular complexity index is 594. The van der Waals surface area contributed by atoms with Crippen LogP contribution in [0.5, 0.6) is 5.75 Å². The number of carboxylic acid groups (broad SMARTS) is 1. The van der Waals surface area contributed by atoms with E-state index in [9.17, 15) is 4.79 Å². The van der Waals surface area contributed by atoms with Gasteiger partial charge in [-0.2, -0.15) is 0 Å². The van der Waals surface area contributed by atoms with Crippen LogP contribution in [0.25, 0.3) is 5.69 Å². The fourth-order valence-electron chi connectivity index (χ4n) is 2.24. The Hall–Kier alpha value is -2.23. The van der Waals surface area contributed by atoms with Crippen LogP contribution in [-0.2, 0) is 11.2 Å². The van der Waals surface area contributed by atoms with E-state index in [4.69, 9.17) is 9.84 Å². The van der Waals surface area contributed by atoms with Crippen LogP contribution in [0.1, 0.15) is 17.0 Å². The molecule has 0 amide bonds. The molecule has 0 aliphatic heterocycles. The van der Waals surface area contributed by atoms with E-state index in [0.29, 0.717) is 0 Å². The van der Waals surface area contributed by atoms with Gasteiger partial charge in [-0.05, 0) is 43.7 Å². The second kappa shape index (κ2) is 5.18. The summed E-state index contributed by atoms with van der Waals surface area (Å²) in [7, 11) is 1.61. The smallest absolute Gasteiger partial charge is 0.307 e. The Kier molecular flexibility index (Phi) is 3.60. The molecular weight excluding hydrogens is 242 g/mol. The van der Waals surface area contributed by atoms with E-state index >= 15 is 0 Å². The molecule has 0 fully saturated rings. The quantitative estimate of drug-likeness (QED) is 0.918. The minimum absolute atomic E-state index is 0.0103. The molecule has 0 saturated heterocycles. The Labute approximate surface area is 112 Å². The topological polar surface area (TPSA) is 51.5 Å². The molecule has 1 aromatic heterocycles. The molecule has 0 spiro atoms. The van der Waals surface area contributed by atoms with E-state index in [2.05, 4.69) is 4.57 Å². The van der Waals surface area contributed by atoms with Gasteiger partial charge in [0, 0.05) is 11.4 Å². The maximum Gasteiger partial charge on any atom is 0.307 e. The van der Waals surface area contributed by atoms with Crippen molar-refractivity contribution >= 4 is 5.97 Å². The van der Waals surface area contributed by atoms with Crippen LogP contribution in [0.4, 0.5) is 0 Å². The molecule has 1 heterocycles. The Morgan fingerprint density at radius 3 is 2.37 bits per heavy atom. The number of aryl methyl sites for hydroxylation is 2. The molecule has 2 aromatic rings. The highest BCUT2D eigenvalue weighted by Crippen LogP contribution is 2.27. The number of nitrogens with zero attached hydrogens (tertiary/aromatic N) is 1. The SMILES string of the molecule is COc1ccc(CC(=O)O)cc1-n1c(C)ccc1C. The number of methoxy groups -OCH3 is 1. The Morgan fingerprint density at radius 2 is 1.84 bits per heavy atom. The number of aliphatic carboxylic acids is 1. The average molecular weight is 259 g/mol. The number of ether oxygens (including phenoxy) is 1. The highest BCUT2D eigenvalue weighted by atomic mass is 16.5. The number of carboxylic acids is 1. The third-order valence-electron chi connectivity index (χ3n) is 3.11. The molecule has 0 unspecified atom stereocenters. The zero-order chi connectivity index (χ0) is 14.0. The molecule has 19 heavy (non-hydrogen) atoms. The molecule has 0 bridgehead atoms. The van der Waals surface area contributed by atoms with Gasteiger partial charge < -0.3 is 14.4 Å². The predicted octanol–water partition coefficient (Wildman–Crippen LogP) is 2.73. The van der Waals surface area contributed by atoms with E-state index in [-0.39, 0.29) is 6.42 Å². The van der Waals surface area contributed by atoms with E-state index in [1.54, 1.807) is 13.2 Å². The van der Waals surface area contributed by atoms with Crippen molar-refractivity contribution in [1.29, 1.82) is 0 Å². The van der Waals surface area contributed by atoms with Crippen molar-refractivity contribution < 1.29 is 14.6 Å². The van der Waals surface area contributed by atoms with Gasteiger partial charge in [-0.25, -0.2) is 0 Å². The summed E-state index contributed by atoms with van der Waals surface area (Å²) >= 11 is 0. The lowest BCUT2D eigenvalue weighted by atomic mass is 10.1. The molecule has 100 valence electrons. The maximum absolute atomic E-state index is 10.8. The Morgan fingerprint density at radius 1 is 1.21 bits per heavy atom. The highest BCUT2D eigenvalue weighted by Gasteiger charge is 2.11. The molecule has 4 heteroatoms. The molecule has 4 nitrogen and oxygen atoms in total. The standard InChI is InChI=1S/C15H17NO3/c1-10-4-5-11(2)16(10)13-8-12(9-15(17)18)6-7-14(13)19-3/h4-8H,9H2,1-3H3,(H,17,18). The molecular formula is C15H17NO3. The van der Waals surface area contributed by atoms with Crippen molar-refractivity contribution in [1.82, 2.24) is 4.57 Å². The second-order valence-electron chi connectivity index (χ2n) is 4.53. The third-order valence-corrected chi connectivity index (χ3v) is 3.11. The van der Waals surface area contributed by atoms with Gasteiger partial charge >= 0.3 is 5.97 Å². The molecule has 1 aromatic carbocycles. The van der Waals surface area contributed by atoms with E-state index in [1.165, 1.54) is 0 Å². The molecule has 0 atom stereocenters. The van der Waals surface area contributed by atoms with Crippen LogP contribution < -0.4 is 4.74 Å². The fourth-order valence-corrected chi connectivity index (χ4v) is 2.24. The van der Waals surface area contributed by atoms with E-state index < -0.39 is 5.97 Å². The highest BCUT2D eigenvalue weighted by molar-refractivity contribution is 5.71. The van der Waals surface area contributed by atoms with Gasteiger partial charge in [-0.3, -0.25) is 4.79 Å². The first-order chi connectivity index (χ1) is 9.02. The van der Waals surface area contributed by atoms with Crippen LogP contribution in [0.3, 0.4) is 0 Å². The summed E-state index contributed by atoms with van der Waals surface area (Å²) in [5.41, 5.74) is 3.81. The summed E-state index contributed by atoms with van der Waals surface area (Å²) in [5, 5.41) is 8.89. The summed E-state index contributed by atoms with van der Waals surface area (Å²) in [6.45, 7) is 4.02. The van der Waals surface area contributed by atoms with Crippen LogP contribution >= 0.6 is 0 Å². The van der Waals surface area contributed by atoms with Gasteiger partial charge in [-0.1, -0.05) is 6.07 Å². The maximum atomic E-state index is 10.8. The van der Waals surface area contributed by atoms with Crippen molar-refractivity contribution in [2.75, 3.05) is 7.11 Å². The summed E-state index contributed by atoms with van der Waals surface area (Å²) in [6, 6.07) is 9.52. The molecule has 1 N–H and O–H groups in total. The average Bonchev–Trinajstić information content (AvgIpc) is 2.68. The minimum Gasteiger partial charge on any atom is -0.495 e.